The minimum absolute atomic E-state index is 0.227. The van der Waals surface area contributed by atoms with E-state index in [0.717, 1.165) is 38.4 Å². The van der Waals surface area contributed by atoms with Crippen LogP contribution in [0.5, 0.6) is 0 Å². The summed E-state index contributed by atoms with van der Waals surface area (Å²) in [5.74, 6) is 1.48. The van der Waals surface area contributed by atoms with E-state index < -0.39 is 0 Å². The molecule has 2 rings (SSSR count). The smallest absolute Gasteiger partial charge is 0.224 e. The van der Waals surface area contributed by atoms with Crippen molar-refractivity contribution in [2.24, 2.45) is 11.8 Å². The summed E-state index contributed by atoms with van der Waals surface area (Å²) >= 11 is 0. The first-order valence-corrected chi connectivity index (χ1v) is 7.34. The van der Waals surface area contributed by atoms with Crippen LogP contribution in [0.25, 0.3) is 0 Å². The maximum absolute atomic E-state index is 11.7. The molecule has 0 bridgehead atoms. The molecule has 1 saturated heterocycles. The van der Waals surface area contributed by atoms with E-state index in [2.05, 4.69) is 10.6 Å². The number of hydrogen-bond acceptors (Lipinski definition) is 2. The lowest BCUT2D eigenvalue weighted by atomic mass is 10.0. The number of hydrogen-bond donors (Lipinski definition) is 2. The maximum atomic E-state index is 11.7. The van der Waals surface area contributed by atoms with Gasteiger partial charge in [-0.1, -0.05) is 38.5 Å². The molecule has 2 N–H and O–H groups in total. The van der Waals surface area contributed by atoms with Gasteiger partial charge >= 0.3 is 0 Å². The van der Waals surface area contributed by atoms with E-state index >= 15 is 0 Å². The molecular formula is C14H26N2O. The van der Waals surface area contributed by atoms with Gasteiger partial charge in [-0.05, 0) is 25.3 Å². The van der Waals surface area contributed by atoms with Gasteiger partial charge in [0.2, 0.25) is 5.91 Å². The lowest BCUT2D eigenvalue weighted by Crippen LogP contribution is -2.32. The van der Waals surface area contributed by atoms with Crippen molar-refractivity contribution in [3.05, 3.63) is 0 Å². The normalized spacial score (nSPS) is 25.3. The number of carbonyl (C=O) groups excluding carboxylic acids is 1. The highest BCUT2D eigenvalue weighted by Crippen LogP contribution is 2.28. The molecule has 2 aliphatic rings. The number of unbranched alkanes of at least 4 members (excludes halogenated alkanes) is 1. The molecule has 98 valence electrons. The van der Waals surface area contributed by atoms with Crippen LogP contribution < -0.4 is 10.6 Å². The Morgan fingerprint density at radius 2 is 2.00 bits per heavy atom. The minimum atomic E-state index is 0.227. The summed E-state index contributed by atoms with van der Waals surface area (Å²) in [6, 6.07) is 0. The highest BCUT2D eigenvalue weighted by Gasteiger charge is 2.21. The van der Waals surface area contributed by atoms with Gasteiger partial charge in [0.05, 0.1) is 5.92 Å². The molecule has 1 saturated carbocycles. The van der Waals surface area contributed by atoms with Crippen LogP contribution in [0.15, 0.2) is 0 Å². The van der Waals surface area contributed by atoms with E-state index in [1.54, 1.807) is 0 Å². The Kier molecular flexibility index (Phi) is 5.30. The van der Waals surface area contributed by atoms with Crippen LogP contribution in [0.1, 0.15) is 51.4 Å². The number of nitrogens with one attached hydrogen (secondary N) is 2. The number of carbonyl (C=O) groups is 1. The van der Waals surface area contributed by atoms with E-state index in [1.807, 2.05) is 0 Å². The van der Waals surface area contributed by atoms with E-state index in [-0.39, 0.29) is 11.8 Å². The van der Waals surface area contributed by atoms with E-state index in [9.17, 15) is 4.79 Å². The average Bonchev–Trinajstić information content (AvgIpc) is 3.01. The molecule has 1 aliphatic carbocycles. The predicted octanol–water partition coefficient (Wildman–Crippen LogP) is 2.07. The molecule has 0 radical (unpaired) electrons. The van der Waals surface area contributed by atoms with Crippen LogP contribution in [0.3, 0.4) is 0 Å². The van der Waals surface area contributed by atoms with Gasteiger partial charge in [-0.25, -0.2) is 0 Å². The number of amides is 1. The molecule has 17 heavy (non-hydrogen) atoms. The Labute approximate surface area is 105 Å². The summed E-state index contributed by atoms with van der Waals surface area (Å²) in [5.41, 5.74) is 0. The van der Waals surface area contributed by atoms with E-state index in [4.69, 9.17) is 0 Å². The van der Waals surface area contributed by atoms with Crippen LogP contribution in [0, 0.1) is 11.8 Å². The van der Waals surface area contributed by atoms with Gasteiger partial charge in [0.15, 0.2) is 0 Å². The first kappa shape index (κ1) is 12.9. The zero-order chi connectivity index (χ0) is 11.9. The predicted molar refractivity (Wildman–Crippen MR) is 69.8 cm³/mol. The van der Waals surface area contributed by atoms with Gasteiger partial charge in [0.25, 0.3) is 0 Å². The average molecular weight is 238 g/mol. The summed E-state index contributed by atoms with van der Waals surface area (Å²) in [4.78, 5) is 11.7. The molecule has 1 unspecified atom stereocenters. The SMILES string of the molecule is O=C(NCCCCC1CCCC1)C1CCNC1. The van der Waals surface area contributed by atoms with Crippen molar-refractivity contribution in [1.82, 2.24) is 10.6 Å². The van der Waals surface area contributed by atoms with Crippen molar-refractivity contribution in [3.63, 3.8) is 0 Å². The van der Waals surface area contributed by atoms with Gasteiger partial charge < -0.3 is 10.6 Å². The zero-order valence-electron chi connectivity index (χ0n) is 10.8. The standard InChI is InChI=1S/C14H26N2O/c17-14(13-8-10-15-11-13)16-9-4-3-7-12-5-1-2-6-12/h12-13,15H,1-11H2,(H,16,17). The van der Waals surface area contributed by atoms with Crippen molar-refractivity contribution >= 4 is 5.91 Å². The fourth-order valence-corrected chi connectivity index (χ4v) is 3.09. The van der Waals surface area contributed by atoms with Crippen molar-refractivity contribution in [1.29, 1.82) is 0 Å². The fourth-order valence-electron chi connectivity index (χ4n) is 3.09. The monoisotopic (exact) mass is 238 g/mol. The molecule has 3 heteroatoms. The quantitative estimate of drug-likeness (QED) is 0.696. The third kappa shape index (κ3) is 4.30. The van der Waals surface area contributed by atoms with Crippen molar-refractivity contribution in [3.8, 4) is 0 Å². The zero-order valence-corrected chi connectivity index (χ0v) is 10.8. The lowest BCUT2D eigenvalue weighted by Gasteiger charge is -2.11. The van der Waals surface area contributed by atoms with Gasteiger partial charge in [-0.3, -0.25) is 4.79 Å². The maximum Gasteiger partial charge on any atom is 0.224 e. The van der Waals surface area contributed by atoms with Crippen molar-refractivity contribution in [2.45, 2.75) is 51.4 Å². The Bertz CT molecular complexity index is 230. The minimum Gasteiger partial charge on any atom is -0.356 e. The molecule has 1 heterocycles. The third-order valence-electron chi connectivity index (χ3n) is 4.24. The second-order valence-electron chi connectivity index (χ2n) is 5.63. The molecule has 0 aromatic rings. The second-order valence-corrected chi connectivity index (χ2v) is 5.63. The molecule has 0 aromatic heterocycles. The lowest BCUT2D eigenvalue weighted by molar-refractivity contribution is -0.124. The Balaban J connectivity index is 1.46. The fraction of sp³-hybridized carbons (Fsp3) is 0.929. The second kappa shape index (κ2) is 7.00. The Hall–Kier alpha value is -0.570. The van der Waals surface area contributed by atoms with Gasteiger partial charge in [0.1, 0.15) is 0 Å². The Morgan fingerprint density at radius 1 is 1.18 bits per heavy atom. The van der Waals surface area contributed by atoms with Crippen molar-refractivity contribution < 1.29 is 4.79 Å². The van der Waals surface area contributed by atoms with Crippen LogP contribution in [-0.2, 0) is 4.79 Å². The molecule has 1 atom stereocenters. The van der Waals surface area contributed by atoms with Gasteiger partial charge in [-0.15, -0.1) is 0 Å². The van der Waals surface area contributed by atoms with E-state index in [0.29, 0.717) is 0 Å². The largest absolute Gasteiger partial charge is 0.356 e. The van der Waals surface area contributed by atoms with Gasteiger partial charge in [0, 0.05) is 13.1 Å². The van der Waals surface area contributed by atoms with Gasteiger partial charge in [-0.2, -0.15) is 0 Å². The topological polar surface area (TPSA) is 41.1 Å². The molecular weight excluding hydrogens is 212 g/mol. The Morgan fingerprint density at radius 3 is 2.71 bits per heavy atom. The van der Waals surface area contributed by atoms with Crippen LogP contribution in [-0.4, -0.2) is 25.5 Å². The summed E-state index contributed by atoms with van der Waals surface area (Å²) < 4.78 is 0. The molecule has 1 aliphatic heterocycles. The van der Waals surface area contributed by atoms with Crippen LogP contribution >= 0.6 is 0 Å². The molecule has 1 amide bonds. The van der Waals surface area contributed by atoms with Crippen LogP contribution in [0.4, 0.5) is 0 Å². The van der Waals surface area contributed by atoms with E-state index in [1.165, 1.54) is 38.5 Å². The summed E-state index contributed by atoms with van der Waals surface area (Å²) in [6.45, 7) is 2.75. The molecule has 0 aromatic carbocycles. The third-order valence-corrected chi connectivity index (χ3v) is 4.24. The molecule has 3 nitrogen and oxygen atoms in total. The highest BCUT2D eigenvalue weighted by atomic mass is 16.1. The molecule has 0 spiro atoms. The van der Waals surface area contributed by atoms with Crippen molar-refractivity contribution in [2.75, 3.05) is 19.6 Å². The number of rotatable bonds is 6. The van der Waals surface area contributed by atoms with Crippen LogP contribution in [0.2, 0.25) is 0 Å². The summed E-state index contributed by atoms with van der Waals surface area (Å²) in [6.07, 6.45) is 10.6. The summed E-state index contributed by atoms with van der Waals surface area (Å²) in [7, 11) is 0. The first-order valence-electron chi connectivity index (χ1n) is 7.34. The first-order chi connectivity index (χ1) is 8.36. The molecule has 2 fully saturated rings. The summed E-state index contributed by atoms with van der Waals surface area (Å²) in [5, 5.41) is 6.30. The highest BCUT2D eigenvalue weighted by molar-refractivity contribution is 5.79.